The largest absolute Gasteiger partial charge is 0.435 e. The topological polar surface area (TPSA) is 47.7 Å². The maximum Gasteiger partial charge on any atom is 0.435 e. The molecule has 0 saturated heterocycles. The van der Waals surface area contributed by atoms with E-state index in [-0.39, 0.29) is 13.1 Å². The van der Waals surface area contributed by atoms with Gasteiger partial charge in [-0.1, -0.05) is 0 Å². The lowest BCUT2D eigenvalue weighted by atomic mass is 10.2. The van der Waals surface area contributed by atoms with Crippen LogP contribution in [0.4, 0.5) is 17.6 Å². The summed E-state index contributed by atoms with van der Waals surface area (Å²) in [5.74, 6) is -0.423. The first-order valence-corrected chi connectivity index (χ1v) is 6.76. The van der Waals surface area contributed by atoms with Gasteiger partial charge in [-0.25, -0.2) is 4.68 Å². The second-order valence-electron chi connectivity index (χ2n) is 4.92. The first-order chi connectivity index (χ1) is 10.2. The van der Waals surface area contributed by atoms with Crippen LogP contribution < -0.4 is 5.32 Å². The van der Waals surface area contributed by atoms with E-state index in [4.69, 9.17) is 0 Å². The van der Waals surface area contributed by atoms with Gasteiger partial charge in [0.1, 0.15) is 0 Å². The maximum absolute atomic E-state index is 14.0. The van der Waals surface area contributed by atoms with Crippen LogP contribution in [0.3, 0.4) is 0 Å². The van der Waals surface area contributed by atoms with Crippen LogP contribution in [0.2, 0.25) is 0 Å². The third kappa shape index (κ3) is 3.29. The van der Waals surface area contributed by atoms with Crippen molar-refractivity contribution in [1.82, 2.24) is 24.9 Å². The van der Waals surface area contributed by atoms with Crippen molar-refractivity contribution in [1.29, 1.82) is 0 Å². The second kappa shape index (κ2) is 6.07. The molecule has 122 valence electrons. The molecule has 0 aliphatic carbocycles. The Balaban J connectivity index is 2.03. The lowest BCUT2D eigenvalue weighted by molar-refractivity contribution is -0.141. The van der Waals surface area contributed by atoms with Crippen LogP contribution in [-0.2, 0) is 32.9 Å². The molecule has 2 aromatic heterocycles. The van der Waals surface area contributed by atoms with Crippen molar-refractivity contribution in [3.05, 3.63) is 34.7 Å². The first-order valence-electron chi connectivity index (χ1n) is 6.76. The van der Waals surface area contributed by atoms with Gasteiger partial charge >= 0.3 is 6.18 Å². The molecule has 0 aliphatic heterocycles. The van der Waals surface area contributed by atoms with E-state index in [1.807, 2.05) is 0 Å². The van der Waals surface area contributed by atoms with E-state index in [2.05, 4.69) is 15.5 Å². The Morgan fingerprint density at radius 2 is 1.91 bits per heavy atom. The van der Waals surface area contributed by atoms with Gasteiger partial charge in [-0.2, -0.15) is 27.8 Å². The number of aromatic nitrogens is 4. The molecular formula is C13H17F4N5. The highest BCUT2D eigenvalue weighted by molar-refractivity contribution is 5.18. The van der Waals surface area contributed by atoms with Crippen LogP contribution in [0.15, 0.2) is 6.07 Å². The number of aryl methyl sites for hydroxylation is 3. The summed E-state index contributed by atoms with van der Waals surface area (Å²) in [5.41, 5.74) is 0.411. The first kappa shape index (κ1) is 16.5. The summed E-state index contributed by atoms with van der Waals surface area (Å²) in [7, 11) is 1.44. The number of hydrogen-bond donors (Lipinski definition) is 1. The fourth-order valence-corrected chi connectivity index (χ4v) is 2.13. The number of nitrogens with zero attached hydrogens (tertiary/aromatic N) is 4. The number of nitrogens with one attached hydrogen (secondary N) is 1. The quantitative estimate of drug-likeness (QED) is 0.861. The van der Waals surface area contributed by atoms with Crippen molar-refractivity contribution in [3.8, 4) is 0 Å². The number of halogens is 4. The van der Waals surface area contributed by atoms with Crippen molar-refractivity contribution in [3.63, 3.8) is 0 Å². The molecule has 0 amide bonds. The fourth-order valence-electron chi connectivity index (χ4n) is 2.13. The van der Waals surface area contributed by atoms with Gasteiger partial charge < -0.3 is 5.32 Å². The van der Waals surface area contributed by atoms with E-state index < -0.39 is 17.8 Å². The van der Waals surface area contributed by atoms with Crippen molar-refractivity contribution in [2.75, 3.05) is 0 Å². The molecule has 2 rings (SSSR count). The summed E-state index contributed by atoms with van der Waals surface area (Å²) in [5, 5.41) is 10.4. The number of rotatable bonds is 5. The number of alkyl halides is 3. The summed E-state index contributed by atoms with van der Waals surface area (Å²) in [6.07, 6.45) is -4.47. The van der Waals surface area contributed by atoms with Crippen LogP contribution >= 0.6 is 0 Å². The Kier molecular flexibility index (Phi) is 4.55. The van der Waals surface area contributed by atoms with Gasteiger partial charge in [-0.05, 0) is 19.9 Å². The van der Waals surface area contributed by atoms with Crippen LogP contribution in [0.1, 0.15) is 29.6 Å². The molecule has 0 aromatic carbocycles. The van der Waals surface area contributed by atoms with Gasteiger partial charge in [0.25, 0.3) is 0 Å². The number of hydrogen-bond acceptors (Lipinski definition) is 3. The zero-order chi connectivity index (χ0) is 16.5. The summed E-state index contributed by atoms with van der Waals surface area (Å²) in [6.45, 7) is 4.22. The molecular weight excluding hydrogens is 302 g/mol. The van der Waals surface area contributed by atoms with E-state index in [1.54, 1.807) is 13.8 Å². The molecule has 22 heavy (non-hydrogen) atoms. The van der Waals surface area contributed by atoms with Crippen LogP contribution in [-0.4, -0.2) is 19.6 Å². The highest BCUT2D eigenvalue weighted by Crippen LogP contribution is 2.28. The van der Waals surface area contributed by atoms with E-state index in [9.17, 15) is 17.6 Å². The summed E-state index contributed by atoms with van der Waals surface area (Å²) in [6, 6.07) is 0.978. The van der Waals surface area contributed by atoms with Crippen LogP contribution in [0.5, 0.6) is 0 Å². The minimum absolute atomic E-state index is 0.149. The molecule has 0 radical (unpaired) electrons. The normalized spacial score (nSPS) is 12.1. The molecule has 0 spiro atoms. The van der Waals surface area contributed by atoms with E-state index in [0.29, 0.717) is 23.5 Å². The minimum atomic E-state index is -4.47. The Labute approximate surface area is 124 Å². The molecule has 0 unspecified atom stereocenters. The summed E-state index contributed by atoms with van der Waals surface area (Å²) >= 11 is 0. The van der Waals surface area contributed by atoms with E-state index >= 15 is 0 Å². The second-order valence-corrected chi connectivity index (χ2v) is 4.92. The monoisotopic (exact) mass is 319 g/mol. The highest BCUT2D eigenvalue weighted by atomic mass is 19.4. The van der Waals surface area contributed by atoms with Gasteiger partial charge in [0.2, 0.25) is 5.95 Å². The molecule has 0 bridgehead atoms. The van der Waals surface area contributed by atoms with Crippen LogP contribution in [0.25, 0.3) is 0 Å². The third-order valence-corrected chi connectivity index (χ3v) is 3.36. The Bertz CT molecular complexity index is 656. The molecule has 0 saturated carbocycles. The SMILES string of the molecule is CCn1nc(C)c(CNCc2cc(C(F)(F)F)nn2C)c1F. The minimum Gasteiger partial charge on any atom is -0.307 e. The molecule has 9 heteroatoms. The highest BCUT2D eigenvalue weighted by Gasteiger charge is 2.34. The maximum atomic E-state index is 14.0. The Morgan fingerprint density at radius 1 is 1.23 bits per heavy atom. The zero-order valence-electron chi connectivity index (χ0n) is 12.5. The summed E-state index contributed by atoms with van der Waals surface area (Å²) in [4.78, 5) is 0. The van der Waals surface area contributed by atoms with E-state index in [0.717, 1.165) is 10.7 Å². The Morgan fingerprint density at radius 3 is 2.41 bits per heavy atom. The van der Waals surface area contributed by atoms with Gasteiger partial charge in [0.05, 0.1) is 11.4 Å². The van der Waals surface area contributed by atoms with Gasteiger partial charge in [0.15, 0.2) is 5.69 Å². The molecule has 1 N–H and O–H groups in total. The molecule has 0 fully saturated rings. The lowest BCUT2D eigenvalue weighted by Crippen LogP contribution is -2.16. The Hall–Kier alpha value is -1.90. The molecule has 5 nitrogen and oxygen atoms in total. The van der Waals surface area contributed by atoms with Crippen molar-refractivity contribution in [2.24, 2.45) is 7.05 Å². The predicted octanol–water partition coefficient (Wildman–Crippen LogP) is 2.39. The van der Waals surface area contributed by atoms with Crippen molar-refractivity contribution in [2.45, 2.75) is 39.7 Å². The molecule has 0 aliphatic rings. The van der Waals surface area contributed by atoms with Crippen molar-refractivity contribution >= 4 is 0 Å². The van der Waals surface area contributed by atoms with E-state index in [1.165, 1.54) is 11.7 Å². The standard InChI is InChI=1S/C13H17F4N5/c1-4-22-12(14)10(8(2)19-22)7-18-6-9-5-11(13(15,16)17)20-21(9)3/h5,18H,4,6-7H2,1-3H3. The average molecular weight is 319 g/mol. The van der Waals surface area contributed by atoms with Gasteiger partial charge in [0, 0.05) is 32.2 Å². The fraction of sp³-hybridized carbons (Fsp3) is 0.538. The average Bonchev–Trinajstić information content (AvgIpc) is 2.93. The van der Waals surface area contributed by atoms with Crippen LogP contribution in [0, 0.1) is 12.9 Å². The molecule has 0 atom stereocenters. The van der Waals surface area contributed by atoms with Gasteiger partial charge in [-0.3, -0.25) is 4.68 Å². The predicted molar refractivity (Wildman–Crippen MR) is 71.3 cm³/mol. The third-order valence-electron chi connectivity index (χ3n) is 3.36. The zero-order valence-corrected chi connectivity index (χ0v) is 12.5. The molecule has 2 heterocycles. The summed E-state index contributed by atoms with van der Waals surface area (Å²) < 4.78 is 54.0. The van der Waals surface area contributed by atoms with Crippen molar-refractivity contribution < 1.29 is 17.6 Å². The smallest absolute Gasteiger partial charge is 0.307 e. The molecule has 2 aromatic rings. The van der Waals surface area contributed by atoms with Gasteiger partial charge in [-0.15, -0.1) is 0 Å². The lowest BCUT2D eigenvalue weighted by Gasteiger charge is -2.04.